The summed E-state index contributed by atoms with van der Waals surface area (Å²) in [6.45, 7) is 2.92. The van der Waals surface area contributed by atoms with Crippen LogP contribution in [-0.4, -0.2) is 39.2 Å². The molecule has 134 valence electrons. The highest BCUT2D eigenvalue weighted by molar-refractivity contribution is 5.94. The Balaban J connectivity index is 1.45. The van der Waals surface area contributed by atoms with Gasteiger partial charge in [0, 0.05) is 13.1 Å². The second-order valence-corrected chi connectivity index (χ2v) is 6.22. The number of carbonyl (C=O) groups is 1. The predicted octanol–water partition coefficient (Wildman–Crippen LogP) is 3.18. The average molecular weight is 354 g/mol. The molecule has 3 aromatic rings. The van der Waals surface area contributed by atoms with E-state index in [9.17, 15) is 4.79 Å². The lowest BCUT2D eigenvalue weighted by Crippen LogP contribution is -2.39. The van der Waals surface area contributed by atoms with Crippen LogP contribution >= 0.6 is 0 Å². The Kier molecular flexibility index (Phi) is 4.39. The summed E-state index contributed by atoms with van der Waals surface area (Å²) in [4.78, 5) is 18.7. The Morgan fingerprint density at radius 2 is 2.12 bits per heavy atom. The number of benzene rings is 1. The second-order valence-electron chi connectivity index (χ2n) is 6.22. The minimum Gasteiger partial charge on any atom is -0.422 e. The van der Waals surface area contributed by atoms with E-state index in [-0.39, 0.29) is 17.8 Å². The molecule has 0 N–H and O–H groups in total. The Morgan fingerprint density at radius 1 is 1.27 bits per heavy atom. The van der Waals surface area contributed by atoms with E-state index in [0.29, 0.717) is 36.1 Å². The third-order valence-corrected chi connectivity index (χ3v) is 4.41. The van der Waals surface area contributed by atoms with Crippen LogP contribution in [0.4, 0.5) is 0 Å². The van der Waals surface area contributed by atoms with Gasteiger partial charge in [-0.05, 0) is 37.1 Å². The largest absolute Gasteiger partial charge is 0.422 e. The maximum atomic E-state index is 12.6. The van der Waals surface area contributed by atoms with Gasteiger partial charge in [0.05, 0.1) is 12.1 Å². The zero-order valence-electron chi connectivity index (χ0n) is 14.3. The SMILES string of the molecule is Cc1oncc1C(=O)N1CCCC(c2nc(Oc3ccccc3)no2)C1. The van der Waals surface area contributed by atoms with E-state index in [1.165, 1.54) is 6.20 Å². The van der Waals surface area contributed by atoms with E-state index in [4.69, 9.17) is 13.8 Å². The lowest BCUT2D eigenvalue weighted by Gasteiger charge is -2.30. The number of likely N-dealkylation sites (tertiary alicyclic amines) is 1. The van der Waals surface area contributed by atoms with Crippen LogP contribution in [0.2, 0.25) is 0 Å². The number of amides is 1. The average Bonchev–Trinajstić information content (AvgIpc) is 3.31. The van der Waals surface area contributed by atoms with Crippen LogP contribution in [0.3, 0.4) is 0 Å². The number of rotatable bonds is 4. The molecule has 1 aliphatic heterocycles. The summed E-state index contributed by atoms with van der Waals surface area (Å²) in [6.07, 6.45) is 3.19. The van der Waals surface area contributed by atoms with Crippen molar-refractivity contribution in [3.05, 3.63) is 53.7 Å². The van der Waals surface area contributed by atoms with Gasteiger partial charge in [-0.3, -0.25) is 4.79 Å². The van der Waals surface area contributed by atoms with Gasteiger partial charge in [-0.1, -0.05) is 23.4 Å². The highest BCUT2D eigenvalue weighted by atomic mass is 16.6. The van der Waals surface area contributed by atoms with Crippen LogP contribution in [0, 0.1) is 6.92 Å². The van der Waals surface area contributed by atoms with Crippen molar-refractivity contribution < 1.29 is 18.6 Å². The summed E-state index contributed by atoms with van der Waals surface area (Å²) in [5.74, 6) is 1.54. The maximum absolute atomic E-state index is 12.6. The van der Waals surface area contributed by atoms with E-state index >= 15 is 0 Å². The predicted molar refractivity (Wildman–Crippen MR) is 89.9 cm³/mol. The van der Waals surface area contributed by atoms with Crippen molar-refractivity contribution in [2.75, 3.05) is 13.1 Å². The lowest BCUT2D eigenvalue weighted by molar-refractivity contribution is 0.0694. The van der Waals surface area contributed by atoms with Gasteiger partial charge in [0.15, 0.2) is 0 Å². The molecular formula is C18H18N4O4. The zero-order valence-corrected chi connectivity index (χ0v) is 14.3. The highest BCUT2D eigenvalue weighted by Gasteiger charge is 2.30. The van der Waals surface area contributed by atoms with Crippen LogP contribution in [-0.2, 0) is 0 Å². The van der Waals surface area contributed by atoms with Gasteiger partial charge >= 0.3 is 6.01 Å². The fraction of sp³-hybridized carbons (Fsp3) is 0.333. The molecule has 3 heterocycles. The molecule has 1 amide bonds. The molecule has 1 fully saturated rings. The Morgan fingerprint density at radius 3 is 2.88 bits per heavy atom. The van der Waals surface area contributed by atoms with Gasteiger partial charge in [0.2, 0.25) is 5.89 Å². The van der Waals surface area contributed by atoms with Crippen molar-refractivity contribution in [3.63, 3.8) is 0 Å². The van der Waals surface area contributed by atoms with Crippen molar-refractivity contribution in [1.82, 2.24) is 20.2 Å². The van der Waals surface area contributed by atoms with Gasteiger partial charge in [0.25, 0.3) is 5.91 Å². The summed E-state index contributed by atoms with van der Waals surface area (Å²) in [5.41, 5.74) is 0.490. The van der Waals surface area contributed by atoms with Crippen LogP contribution < -0.4 is 4.74 Å². The third-order valence-electron chi connectivity index (χ3n) is 4.41. The molecule has 4 rings (SSSR count). The molecule has 2 aromatic heterocycles. The summed E-state index contributed by atoms with van der Waals surface area (Å²) in [7, 11) is 0. The molecule has 1 atom stereocenters. The van der Waals surface area contributed by atoms with Crippen molar-refractivity contribution in [2.24, 2.45) is 0 Å². The smallest absolute Gasteiger partial charge is 0.359 e. The first-order valence-corrected chi connectivity index (χ1v) is 8.48. The van der Waals surface area contributed by atoms with Crippen LogP contribution in [0.15, 0.2) is 45.6 Å². The molecular weight excluding hydrogens is 336 g/mol. The number of hydrogen-bond donors (Lipinski definition) is 0. The molecule has 0 bridgehead atoms. The second kappa shape index (κ2) is 6.99. The third kappa shape index (κ3) is 3.30. The van der Waals surface area contributed by atoms with E-state index in [0.717, 1.165) is 12.8 Å². The molecule has 0 radical (unpaired) electrons. The van der Waals surface area contributed by atoms with Gasteiger partial charge in [-0.2, -0.15) is 4.98 Å². The molecule has 0 aliphatic carbocycles. The molecule has 1 aliphatic rings. The van der Waals surface area contributed by atoms with Crippen molar-refractivity contribution in [3.8, 4) is 11.8 Å². The van der Waals surface area contributed by atoms with Crippen molar-refractivity contribution in [1.29, 1.82) is 0 Å². The Bertz CT molecular complexity index is 890. The number of ether oxygens (including phenoxy) is 1. The summed E-state index contributed by atoms with van der Waals surface area (Å²) in [5, 5.41) is 7.56. The van der Waals surface area contributed by atoms with Gasteiger partial charge in [-0.15, -0.1) is 0 Å². The topological polar surface area (TPSA) is 94.5 Å². The van der Waals surface area contributed by atoms with Crippen molar-refractivity contribution in [2.45, 2.75) is 25.7 Å². The number of piperidine rings is 1. The molecule has 8 heteroatoms. The fourth-order valence-corrected chi connectivity index (χ4v) is 3.06. The number of carbonyl (C=O) groups excluding carboxylic acids is 1. The van der Waals surface area contributed by atoms with Crippen molar-refractivity contribution >= 4 is 5.91 Å². The van der Waals surface area contributed by atoms with Gasteiger partial charge in [0.1, 0.15) is 17.1 Å². The number of hydrogen-bond acceptors (Lipinski definition) is 7. The minimum absolute atomic E-state index is 0.0199. The van der Waals surface area contributed by atoms with Crippen LogP contribution in [0.25, 0.3) is 0 Å². The Labute approximate surface area is 149 Å². The zero-order chi connectivity index (χ0) is 17.9. The summed E-state index contributed by atoms with van der Waals surface area (Å²) < 4.78 is 15.9. The van der Waals surface area contributed by atoms with Gasteiger partial charge < -0.3 is 18.7 Å². The van der Waals surface area contributed by atoms with Crippen LogP contribution in [0.1, 0.15) is 40.8 Å². The molecule has 0 saturated carbocycles. The van der Waals surface area contributed by atoms with Gasteiger partial charge in [-0.25, -0.2) is 0 Å². The normalized spacial score (nSPS) is 17.3. The number of para-hydroxylation sites is 1. The first kappa shape index (κ1) is 16.3. The Hall–Kier alpha value is -3.16. The van der Waals surface area contributed by atoms with E-state index in [2.05, 4.69) is 15.3 Å². The molecule has 1 aromatic carbocycles. The standard InChI is InChI=1S/C18H18N4O4/c1-12-15(10-19-25-12)17(23)22-9-5-6-13(11-22)16-20-18(21-26-16)24-14-7-3-2-4-8-14/h2-4,7-8,10,13H,5-6,9,11H2,1H3. The quantitative estimate of drug-likeness (QED) is 0.710. The van der Waals surface area contributed by atoms with Crippen LogP contribution in [0.5, 0.6) is 11.8 Å². The fourth-order valence-electron chi connectivity index (χ4n) is 3.06. The number of aryl methyl sites for hydroxylation is 1. The van der Waals surface area contributed by atoms with E-state index in [1.807, 2.05) is 30.3 Å². The summed E-state index contributed by atoms with van der Waals surface area (Å²) in [6, 6.07) is 9.45. The molecule has 1 unspecified atom stereocenters. The monoisotopic (exact) mass is 354 g/mol. The molecule has 26 heavy (non-hydrogen) atoms. The molecule has 0 spiro atoms. The van der Waals surface area contributed by atoms with E-state index < -0.39 is 0 Å². The molecule has 1 saturated heterocycles. The number of nitrogens with zero attached hydrogens (tertiary/aromatic N) is 4. The minimum atomic E-state index is -0.0891. The first-order chi connectivity index (χ1) is 12.7. The number of aromatic nitrogens is 3. The lowest BCUT2D eigenvalue weighted by atomic mass is 9.97. The molecule has 8 nitrogen and oxygen atoms in total. The summed E-state index contributed by atoms with van der Waals surface area (Å²) >= 11 is 0. The highest BCUT2D eigenvalue weighted by Crippen LogP contribution is 2.29. The van der Waals surface area contributed by atoms with E-state index in [1.54, 1.807) is 11.8 Å². The maximum Gasteiger partial charge on any atom is 0.359 e. The first-order valence-electron chi connectivity index (χ1n) is 8.48.